The van der Waals surface area contributed by atoms with Crippen molar-refractivity contribution in [2.75, 3.05) is 5.75 Å². The van der Waals surface area contributed by atoms with Crippen LogP contribution in [0.25, 0.3) is 11.6 Å². The van der Waals surface area contributed by atoms with Crippen molar-refractivity contribution in [1.82, 2.24) is 24.3 Å². The van der Waals surface area contributed by atoms with E-state index in [2.05, 4.69) is 26.7 Å². The number of rotatable bonds is 1. The Morgan fingerprint density at radius 2 is 2.25 bits per heavy atom. The molecule has 0 N–H and O–H groups in total. The fourth-order valence-corrected chi connectivity index (χ4v) is 2.94. The minimum atomic E-state index is 0.426. The van der Waals surface area contributed by atoms with E-state index in [1.807, 2.05) is 29.6 Å². The molecule has 0 fully saturated rings. The fourth-order valence-electron chi connectivity index (χ4n) is 1.98. The van der Waals surface area contributed by atoms with Crippen molar-refractivity contribution >= 4 is 11.8 Å². The van der Waals surface area contributed by atoms with Gasteiger partial charge in [-0.05, 0) is 6.92 Å². The van der Waals surface area contributed by atoms with E-state index in [-0.39, 0.29) is 0 Å². The zero-order valence-electron chi connectivity index (χ0n) is 9.29. The maximum atomic E-state index is 4.32. The minimum Gasteiger partial charge on any atom is -0.331 e. The van der Waals surface area contributed by atoms with Gasteiger partial charge in [0, 0.05) is 31.7 Å². The van der Waals surface area contributed by atoms with Crippen LogP contribution in [0.4, 0.5) is 0 Å². The van der Waals surface area contributed by atoms with E-state index in [1.165, 1.54) is 0 Å². The number of imidazole rings is 1. The maximum absolute atomic E-state index is 4.32. The molecule has 0 bridgehead atoms. The van der Waals surface area contributed by atoms with Gasteiger partial charge in [0.1, 0.15) is 5.82 Å². The minimum absolute atomic E-state index is 0.426. The predicted molar refractivity (Wildman–Crippen MR) is 63.1 cm³/mol. The van der Waals surface area contributed by atoms with E-state index in [0.29, 0.717) is 5.25 Å². The normalized spacial score (nSPS) is 19.8. The Morgan fingerprint density at radius 3 is 3.00 bits per heavy atom. The fraction of sp³-hybridized carbons (Fsp3) is 0.500. The second-order valence-corrected chi connectivity index (χ2v) is 5.36. The van der Waals surface area contributed by atoms with Crippen molar-refractivity contribution in [2.45, 2.75) is 18.7 Å². The van der Waals surface area contributed by atoms with Gasteiger partial charge in [0.15, 0.2) is 11.6 Å². The summed E-state index contributed by atoms with van der Waals surface area (Å²) >= 11 is 1.92. The lowest BCUT2D eigenvalue weighted by atomic mass is 10.4. The summed E-state index contributed by atoms with van der Waals surface area (Å²) in [4.78, 5) is 4.32. The molecule has 0 aromatic carbocycles. The van der Waals surface area contributed by atoms with Crippen LogP contribution in [0.1, 0.15) is 18.0 Å². The lowest BCUT2D eigenvalue weighted by molar-refractivity contribution is 0.685. The van der Waals surface area contributed by atoms with Gasteiger partial charge in [-0.25, -0.2) is 4.98 Å². The summed E-state index contributed by atoms with van der Waals surface area (Å²) in [5.74, 6) is 3.95. The molecule has 1 aliphatic heterocycles. The summed E-state index contributed by atoms with van der Waals surface area (Å²) < 4.78 is 4.16. The van der Waals surface area contributed by atoms with E-state index >= 15 is 0 Å². The molecule has 2 aromatic rings. The van der Waals surface area contributed by atoms with Gasteiger partial charge < -0.3 is 9.13 Å². The maximum Gasteiger partial charge on any atom is 0.200 e. The van der Waals surface area contributed by atoms with Crippen molar-refractivity contribution in [2.24, 2.45) is 7.05 Å². The first-order valence-electron chi connectivity index (χ1n) is 5.30. The topological polar surface area (TPSA) is 48.5 Å². The zero-order chi connectivity index (χ0) is 11.1. The summed E-state index contributed by atoms with van der Waals surface area (Å²) in [5, 5.41) is 8.97. The molecule has 6 heteroatoms. The molecule has 0 saturated heterocycles. The number of hydrogen-bond donors (Lipinski definition) is 0. The third kappa shape index (κ3) is 1.36. The third-order valence-corrected chi connectivity index (χ3v) is 3.98. The first-order valence-corrected chi connectivity index (χ1v) is 6.34. The first kappa shape index (κ1) is 9.89. The molecule has 3 heterocycles. The molecular weight excluding hydrogens is 222 g/mol. The summed E-state index contributed by atoms with van der Waals surface area (Å²) in [5.41, 5.74) is 0. The Labute approximate surface area is 97.9 Å². The number of aryl methyl sites for hydroxylation is 1. The van der Waals surface area contributed by atoms with Crippen LogP contribution < -0.4 is 0 Å². The lowest BCUT2D eigenvalue weighted by Gasteiger charge is -2.19. The largest absolute Gasteiger partial charge is 0.331 e. The average Bonchev–Trinajstić information content (AvgIpc) is 2.84. The standard InChI is InChI=1S/C10H13N5S/c1-7-8-12-13-10(15(8)5-6-16-7)9-11-3-4-14(9)2/h3-4,7H,5-6H2,1-2H3. The number of nitrogens with zero attached hydrogens (tertiary/aromatic N) is 5. The highest BCUT2D eigenvalue weighted by Crippen LogP contribution is 2.33. The third-order valence-electron chi connectivity index (χ3n) is 2.85. The van der Waals surface area contributed by atoms with Crippen LogP contribution in [-0.2, 0) is 13.6 Å². The number of hydrogen-bond acceptors (Lipinski definition) is 4. The van der Waals surface area contributed by atoms with Gasteiger partial charge in [-0.3, -0.25) is 0 Å². The van der Waals surface area contributed by atoms with Crippen LogP contribution >= 0.6 is 11.8 Å². The summed E-state index contributed by atoms with van der Waals surface area (Å²) in [6.07, 6.45) is 3.72. The molecule has 16 heavy (non-hydrogen) atoms. The molecule has 1 aliphatic rings. The Balaban J connectivity index is 2.13. The van der Waals surface area contributed by atoms with Crippen molar-refractivity contribution in [3.05, 3.63) is 18.2 Å². The lowest BCUT2D eigenvalue weighted by Crippen LogP contribution is -2.15. The first-order chi connectivity index (χ1) is 7.77. The SMILES string of the molecule is CC1SCCn2c(-c3nccn3C)nnc21. The second kappa shape index (κ2) is 3.62. The molecule has 1 atom stereocenters. The van der Waals surface area contributed by atoms with E-state index in [1.54, 1.807) is 6.20 Å². The van der Waals surface area contributed by atoms with Crippen LogP contribution in [0.15, 0.2) is 12.4 Å². The van der Waals surface area contributed by atoms with E-state index < -0.39 is 0 Å². The molecule has 1 unspecified atom stereocenters. The Kier molecular flexibility index (Phi) is 2.24. The van der Waals surface area contributed by atoms with E-state index in [0.717, 1.165) is 29.8 Å². The number of fused-ring (bicyclic) bond motifs is 1. The molecule has 0 saturated carbocycles. The molecule has 5 nitrogen and oxygen atoms in total. The van der Waals surface area contributed by atoms with E-state index in [9.17, 15) is 0 Å². The van der Waals surface area contributed by atoms with Gasteiger partial charge in [0.2, 0.25) is 0 Å². The quantitative estimate of drug-likeness (QED) is 0.751. The van der Waals surface area contributed by atoms with Crippen LogP contribution in [0.2, 0.25) is 0 Å². The molecule has 2 aromatic heterocycles. The van der Waals surface area contributed by atoms with Crippen LogP contribution in [0.3, 0.4) is 0 Å². The highest BCUT2D eigenvalue weighted by molar-refractivity contribution is 7.99. The number of thioether (sulfide) groups is 1. The molecule has 0 amide bonds. The van der Waals surface area contributed by atoms with Gasteiger partial charge in [-0.1, -0.05) is 0 Å². The van der Waals surface area contributed by atoms with Gasteiger partial charge in [0.25, 0.3) is 0 Å². The Bertz CT molecular complexity index is 515. The van der Waals surface area contributed by atoms with Crippen molar-refractivity contribution in [3.63, 3.8) is 0 Å². The van der Waals surface area contributed by atoms with Crippen molar-refractivity contribution < 1.29 is 0 Å². The molecular formula is C10H13N5S. The van der Waals surface area contributed by atoms with Crippen LogP contribution in [0, 0.1) is 0 Å². The van der Waals surface area contributed by atoms with E-state index in [4.69, 9.17) is 0 Å². The molecule has 0 radical (unpaired) electrons. The summed E-state index contributed by atoms with van der Waals surface area (Å²) in [6, 6.07) is 0. The average molecular weight is 235 g/mol. The van der Waals surface area contributed by atoms with Crippen LogP contribution in [0.5, 0.6) is 0 Å². The highest BCUT2D eigenvalue weighted by atomic mass is 32.2. The number of aromatic nitrogens is 5. The van der Waals surface area contributed by atoms with Gasteiger partial charge in [-0.15, -0.1) is 22.0 Å². The second-order valence-electron chi connectivity index (χ2n) is 3.91. The Hall–Kier alpha value is -1.30. The smallest absolute Gasteiger partial charge is 0.200 e. The zero-order valence-corrected chi connectivity index (χ0v) is 10.1. The summed E-state index contributed by atoms with van der Waals surface area (Å²) in [6.45, 7) is 3.14. The molecule has 3 rings (SSSR count). The van der Waals surface area contributed by atoms with Crippen molar-refractivity contribution in [3.8, 4) is 11.6 Å². The molecule has 84 valence electrons. The monoisotopic (exact) mass is 235 g/mol. The van der Waals surface area contributed by atoms with Gasteiger partial charge >= 0.3 is 0 Å². The highest BCUT2D eigenvalue weighted by Gasteiger charge is 2.24. The van der Waals surface area contributed by atoms with Gasteiger partial charge in [0.05, 0.1) is 5.25 Å². The predicted octanol–water partition coefficient (Wildman–Crippen LogP) is 1.49. The van der Waals surface area contributed by atoms with Gasteiger partial charge in [-0.2, -0.15) is 0 Å². The summed E-state index contributed by atoms with van der Waals surface area (Å²) in [7, 11) is 1.98. The van der Waals surface area contributed by atoms with Crippen molar-refractivity contribution in [1.29, 1.82) is 0 Å². The van der Waals surface area contributed by atoms with Crippen LogP contribution in [-0.4, -0.2) is 30.1 Å². The Morgan fingerprint density at radius 1 is 1.38 bits per heavy atom. The molecule has 0 aliphatic carbocycles. The molecule has 0 spiro atoms.